The maximum atomic E-state index is 13.2. The second-order valence-corrected chi connectivity index (χ2v) is 6.20. The largest absolute Gasteiger partial charge is 0.399 e. The van der Waals surface area contributed by atoms with E-state index in [2.05, 4.69) is 15.4 Å². The van der Waals surface area contributed by atoms with Gasteiger partial charge in [-0.2, -0.15) is 5.10 Å². The van der Waals surface area contributed by atoms with E-state index in [0.29, 0.717) is 23.1 Å². The number of rotatable bonds is 5. The van der Waals surface area contributed by atoms with Gasteiger partial charge in [-0.05, 0) is 42.5 Å². The summed E-state index contributed by atoms with van der Waals surface area (Å²) in [7, 11) is 0. The van der Waals surface area contributed by atoms with E-state index in [0.717, 1.165) is 10.2 Å². The number of halogens is 4. The highest BCUT2D eigenvalue weighted by molar-refractivity contribution is 5.63. The monoisotopic (exact) mass is 402 g/mol. The van der Waals surface area contributed by atoms with Crippen LogP contribution in [0.3, 0.4) is 0 Å². The molecule has 4 rings (SSSR count). The van der Waals surface area contributed by atoms with Crippen LogP contribution in [0.15, 0.2) is 60.8 Å². The minimum atomic E-state index is -2.94. The first kappa shape index (κ1) is 18.7. The Balaban J connectivity index is 1.64. The van der Waals surface area contributed by atoms with Gasteiger partial charge in [-0.15, -0.1) is 5.10 Å². The van der Waals surface area contributed by atoms with Gasteiger partial charge in [0.05, 0.1) is 17.6 Å². The molecule has 0 bridgehead atoms. The third kappa shape index (κ3) is 3.68. The molecule has 0 saturated carbocycles. The van der Waals surface area contributed by atoms with Crippen molar-refractivity contribution in [3.63, 3.8) is 0 Å². The molecule has 2 N–H and O–H groups in total. The molecular formula is C19H14F4N6. The molecule has 0 amide bonds. The summed E-state index contributed by atoms with van der Waals surface area (Å²) in [6.07, 6.45) is -4.18. The second kappa shape index (κ2) is 7.38. The zero-order valence-corrected chi connectivity index (χ0v) is 14.8. The van der Waals surface area contributed by atoms with Crippen molar-refractivity contribution in [1.82, 2.24) is 24.8 Å². The lowest BCUT2D eigenvalue weighted by Crippen LogP contribution is -2.03. The van der Waals surface area contributed by atoms with Crippen molar-refractivity contribution in [3.05, 3.63) is 72.2 Å². The molecule has 0 atom stereocenters. The van der Waals surface area contributed by atoms with Crippen LogP contribution in [0, 0.1) is 0 Å². The molecule has 0 aliphatic rings. The Morgan fingerprint density at radius 2 is 1.59 bits per heavy atom. The van der Waals surface area contributed by atoms with Gasteiger partial charge in [0, 0.05) is 11.3 Å². The first-order valence-electron chi connectivity index (χ1n) is 8.47. The van der Waals surface area contributed by atoms with E-state index in [-0.39, 0.29) is 5.69 Å². The fraction of sp³-hybridized carbons (Fsp3) is 0.105. The zero-order valence-electron chi connectivity index (χ0n) is 14.8. The van der Waals surface area contributed by atoms with Gasteiger partial charge in [0.15, 0.2) is 0 Å². The SMILES string of the molecule is Nc1cccc(-c2cn(-c3ccc(-n4nc(C(F)F)cc4C(F)F)cc3)nn2)c1. The number of benzene rings is 2. The van der Waals surface area contributed by atoms with Gasteiger partial charge < -0.3 is 5.73 Å². The Morgan fingerprint density at radius 3 is 2.24 bits per heavy atom. The van der Waals surface area contributed by atoms with Crippen molar-refractivity contribution < 1.29 is 17.6 Å². The standard InChI is InChI=1S/C19H14F4N6/c20-18(21)15-9-17(19(22)23)29(26-15)14-6-4-13(5-7-14)28-10-16(25-27-28)11-2-1-3-12(24)8-11/h1-10,18-19H,24H2. The molecule has 0 fully saturated rings. The number of nitrogens with two attached hydrogens (primary N) is 1. The zero-order chi connectivity index (χ0) is 20.5. The molecule has 2 heterocycles. The predicted octanol–water partition coefficient (Wildman–Crippen LogP) is 4.58. The molecule has 0 saturated heterocycles. The highest BCUT2D eigenvalue weighted by Crippen LogP contribution is 2.28. The van der Waals surface area contributed by atoms with Gasteiger partial charge in [-0.25, -0.2) is 26.9 Å². The fourth-order valence-electron chi connectivity index (χ4n) is 2.85. The van der Waals surface area contributed by atoms with Gasteiger partial charge >= 0.3 is 0 Å². The normalized spacial score (nSPS) is 11.5. The summed E-state index contributed by atoms with van der Waals surface area (Å²) in [5.74, 6) is 0. The second-order valence-electron chi connectivity index (χ2n) is 6.20. The van der Waals surface area contributed by atoms with E-state index in [1.165, 1.54) is 16.8 Å². The summed E-state index contributed by atoms with van der Waals surface area (Å²) in [5, 5.41) is 11.7. The van der Waals surface area contributed by atoms with Crippen LogP contribution < -0.4 is 5.73 Å². The average Bonchev–Trinajstić information content (AvgIpc) is 3.36. The summed E-state index contributed by atoms with van der Waals surface area (Å²) in [6, 6.07) is 14.1. The molecule has 0 aliphatic heterocycles. The lowest BCUT2D eigenvalue weighted by atomic mass is 10.1. The molecule has 29 heavy (non-hydrogen) atoms. The molecule has 0 spiro atoms. The topological polar surface area (TPSA) is 74.5 Å². The molecule has 4 aromatic rings. The predicted molar refractivity (Wildman–Crippen MR) is 98.2 cm³/mol. The maximum absolute atomic E-state index is 13.2. The van der Waals surface area contributed by atoms with Crippen molar-refractivity contribution in [1.29, 1.82) is 0 Å². The summed E-state index contributed by atoms with van der Waals surface area (Å²) < 4.78 is 54.4. The van der Waals surface area contributed by atoms with Crippen LogP contribution >= 0.6 is 0 Å². The summed E-state index contributed by atoms with van der Waals surface area (Å²) >= 11 is 0. The highest BCUT2D eigenvalue weighted by atomic mass is 19.3. The number of hydrogen-bond acceptors (Lipinski definition) is 4. The van der Waals surface area contributed by atoms with Crippen molar-refractivity contribution >= 4 is 5.69 Å². The molecule has 0 aliphatic carbocycles. The summed E-state index contributed by atoms with van der Waals surface area (Å²) in [6.45, 7) is 0. The van der Waals surface area contributed by atoms with Gasteiger partial charge in [-0.1, -0.05) is 17.3 Å². The third-order valence-electron chi connectivity index (χ3n) is 4.24. The number of alkyl halides is 4. The molecule has 148 valence electrons. The van der Waals surface area contributed by atoms with Crippen LogP contribution in [0.4, 0.5) is 23.2 Å². The number of anilines is 1. The van der Waals surface area contributed by atoms with Gasteiger partial charge in [-0.3, -0.25) is 0 Å². The minimum Gasteiger partial charge on any atom is -0.399 e. The van der Waals surface area contributed by atoms with Gasteiger partial charge in [0.25, 0.3) is 12.9 Å². The van der Waals surface area contributed by atoms with E-state index in [1.807, 2.05) is 6.07 Å². The Kier molecular flexibility index (Phi) is 4.75. The lowest BCUT2D eigenvalue weighted by molar-refractivity contribution is 0.142. The first-order chi connectivity index (χ1) is 13.9. The van der Waals surface area contributed by atoms with Crippen molar-refractivity contribution in [2.75, 3.05) is 5.73 Å². The molecule has 0 radical (unpaired) electrons. The molecular weight excluding hydrogens is 388 g/mol. The Hall–Kier alpha value is -3.69. The summed E-state index contributed by atoms with van der Waals surface area (Å²) in [5.41, 5.74) is 7.31. The van der Waals surface area contributed by atoms with Crippen molar-refractivity contribution in [2.24, 2.45) is 0 Å². The van der Waals surface area contributed by atoms with Crippen LogP contribution in [-0.2, 0) is 0 Å². The summed E-state index contributed by atoms with van der Waals surface area (Å²) in [4.78, 5) is 0. The average molecular weight is 402 g/mol. The van der Waals surface area contributed by atoms with E-state index >= 15 is 0 Å². The van der Waals surface area contributed by atoms with Crippen molar-refractivity contribution in [2.45, 2.75) is 12.9 Å². The molecule has 0 unspecified atom stereocenters. The minimum absolute atomic E-state index is 0.229. The molecule has 2 aromatic carbocycles. The number of hydrogen-bond donors (Lipinski definition) is 1. The van der Waals surface area contributed by atoms with Crippen LogP contribution in [0.5, 0.6) is 0 Å². The molecule has 2 aromatic heterocycles. The van der Waals surface area contributed by atoms with E-state index in [1.54, 1.807) is 36.5 Å². The van der Waals surface area contributed by atoms with Gasteiger partial charge in [0.2, 0.25) is 0 Å². The van der Waals surface area contributed by atoms with Crippen LogP contribution in [0.25, 0.3) is 22.6 Å². The smallest absolute Gasteiger partial charge is 0.282 e. The van der Waals surface area contributed by atoms with Crippen LogP contribution in [0.1, 0.15) is 24.2 Å². The van der Waals surface area contributed by atoms with Crippen LogP contribution in [-0.4, -0.2) is 24.8 Å². The van der Waals surface area contributed by atoms with Crippen LogP contribution in [0.2, 0.25) is 0 Å². The van der Waals surface area contributed by atoms with E-state index < -0.39 is 24.2 Å². The first-order valence-corrected chi connectivity index (χ1v) is 8.47. The number of aromatic nitrogens is 5. The lowest BCUT2D eigenvalue weighted by Gasteiger charge is -2.07. The van der Waals surface area contributed by atoms with E-state index in [4.69, 9.17) is 5.73 Å². The Bertz CT molecular complexity index is 1130. The highest BCUT2D eigenvalue weighted by Gasteiger charge is 2.22. The number of nitrogens with zero attached hydrogens (tertiary/aromatic N) is 5. The fourth-order valence-corrected chi connectivity index (χ4v) is 2.85. The molecule has 10 heteroatoms. The van der Waals surface area contributed by atoms with E-state index in [9.17, 15) is 17.6 Å². The quantitative estimate of drug-likeness (QED) is 0.392. The number of nitrogen functional groups attached to an aromatic ring is 1. The Morgan fingerprint density at radius 1 is 0.862 bits per heavy atom. The molecule has 6 nitrogen and oxygen atoms in total. The van der Waals surface area contributed by atoms with Gasteiger partial charge in [0.1, 0.15) is 17.1 Å². The van der Waals surface area contributed by atoms with Crippen molar-refractivity contribution in [3.8, 4) is 22.6 Å². The Labute approximate surface area is 162 Å². The maximum Gasteiger partial charge on any atom is 0.282 e. The third-order valence-corrected chi connectivity index (χ3v) is 4.24.